The van der Waals surface area contributed by atoms with Crippen molar-refractivity contribution in [2.24, 2.45) is 0 Å². The molecule has 0 bridgehead atoms. The number of aryl methyl sites for hydroxylation is 3. The summed E-state index contributed by atoms with van der Waals surface area (Å²) in [6, 6.07) is 12.7. The summed E-state index contributed by atoms with van der Waals surface area (Å²) in [5.74, 6) is 2.57. The summed E-state index contributed by atoms with van der Waals surface area (Å²) in [4.78, 5) is 12.3. The zero-order chi connectivity index (χ0) is 19.1. The Morgan fingerprint density at radius 2 is 1.77 bits per heavy atom. The zero-order valence-corrected chi connectivity index (χ0v) is 17.2. The van der Waals surface area contributed by atoms with E-state index in [4.69, 9.17) is 4.74 Å². The Morgan fingerprint density at radius 3 is 2.46 bits per heavy atom. The average molecular weight is 372 g/mol. The van der Waals surface area contributed by atoms with E-state index in [1.165, 1.54) is 16.7 Å². The summed E-state index contributed by atoms with van der Waals surface area (Å²) in [6.07, 6.45) is -0.503. The standard InChI is InChI=1S/C22H29NO2S/c1-15-6-8-20(9-7-15)14-26-11-10-23-22(24)19(5)25-21-13-16(2)12-17(3)18(21)4/h6-9,12-13,19H,10-11,14H2,1-5H3,(H,23,24)/t19-/m0/s1. The first-order valence-electron chi connectivity index (χ1n) is 9.02. The maximum atomic E-state index is 12.3. The lowest BCUT2D eigenvalue weighted by Crippen LogP contribution is -2.37. The maximum absolute atomic E-state index is 12.3. The number of carbonyl (C=O) groups is 1. The molecule has 1 N–H and O–H groups in total. The van der Waals surface area contributed by atoms with Crippen LogP contribution in [0.5, 0.6) is 5.75 Å². The second-order valence-corrected chi connectivity index (χ2v) is 7.90. The number of benzene rings is 2. The molecule has 0 aliphatic rings. The number of thioether (sulfide) groups is 1. The molecule has 26 heavy (non-hydrogen) atoms. The van der Waals surface area contributed by atoms with Gasteiger partial charge < -0.3 is 10.1 Å². The molecule has 0 spiro atoms. The third-order valence-corrected chi connectivity index (χ3v) is 5.40. The summed E-state index contributed by atoms with van der Waals surface area (Å²) >= 11 is 1.82. The molecule has 0 saturated carbocycles. The first kappa shape index (κ1) is 20.4. The minimum Gasteiger partial charge on any atom is -0.481 e. The predicted octanol–water partition coefficient (Wildman–Crippen LogP) is 4.74. The molecule has 2 aromatic rings. The van der Waals surface area contributed by atoms with Gasteiger partial charge in [0.25, 0.3) is 5.91 Å². The van der Waals surface area contributed by atoms with E-state index in [1.54, 1.807) is 6.92 Å². The molecule has 0 aromatic heterocycles. The highest BCUT2D eigenvalue weighted by Gasteiger charge is 2.16. The van der Waals surface area contributed by atoms with Gasteiger partial charge in [-0.1, -0.05) is 35.9 Å². The number of ether oxygens (including phenoxy) is 1. The van der Waals surface area contributed by atoms with Crippen LogP contribution in [0.25, 0.3) is 0 Å². The number of nitrogens with one attached hydrogen (secondary N) is 1. The van der Waals surface area contributed by atoms with E-state index in [-0.39, 0.29) is 5.91 Å². The van der Waals surface area contributed by atoms with Crippen molar-refractivity contribution in [1.82, 2.24) is 5.32 Å². The van der Waals surface area contributed by atoms with Crippen molar-refractivity contribution >= 4 is 17.7 Å². The largest absolute Gasteiger partial charge is 0.481 e. The fraction of sp³-hybridized carbons (Fsp3) is 0.409. The number of rotatable bonds is 8. The van der Waals surface area contributed by atoms with Crippen LogP contribution in [-0.2, 0) is 10.5 Å². The Bertz CT molecular complexity index is 741. The molecule has 1 amide bonds. The fourth-order valence-electron chi connectivity index (χ4n) is 2.63. The van der Waals surface area contributed by atoms with Gasteiger partial charge >= 0.3 is 0 Å². The quantitative estimate of drug-likeness (QED) is 0.681. The van der Waals surface area contributed by atoms with Crippen molar-refractivity contribution < 1.29 is 9.53 Å². The molecule has 0 fully saturated rings. The van der Waals surface area contributed by atoms with Crippen molar-refractivity contribution in [3.63, 3.8) is 0 Å². The normalized spacial score (nSPS) is 11.9. The Morgan fingerprint density at radius 1 is 1.08 bits per heavy atom. The number of carbonyl (C=O) groups excluding carboxylic acids is 1. The molecule has 140 valence electrons. The highest BCUT2D eigenvalue weighted by Crippen LogP contribution is 2.24. The second kappa shape index (κ2) is 9.67. The van der Waals surface area contributed by atoms with Crippen LogP contribution in [0.4, 0.5) is 0 Å². The molecule has 0 aliphatic carbocycles. The molecule has 3 nitrogen and oxygen atoms in total. The predicted molar refractivity (Wildman–Crippen MR) is 111 cm³/mol. The first-order valence-corrected chi connectivity index (χ1v) is 10.2. The Kier molecular flexibility index (Phi) is 7.58. The van der Waals surface area contributed by atoms with Gasteiger partial charge in [-0.25, -0.2) is 0 Å². The molecule has 0 saturated heterocycles. The minimum absolute atomic E-state index is 0.0699. The Hall–Kier alpha value is -1.94. The lowest BCUT2D eigenvalue weighted by Gasteiger charge is -2.18. The van der Waals surface area contributed by atoms with Crippen LogP contribution in [0.3, 0.4) is 0 Å². The van der Waals surface area contributed by atoms with E-state index in [0.29, 0.717) is 6.54 Å². The van der Waals surface area contributed by atoms with Gasteiger partial charge in [0.15, 0.2) is 6.10 Å². The van der Waals surface area contributed by atoms with Crippen molar-refractivity contribution in [2.75, 3.05) is 12.3 Å². The van der Waals surface area contributed by atoms with Gasteiger partial charge in [-0.2, -0.15) is 11.8 Å². The summed E-state index contributed by atoms with van der Waals surface area (Å²) in [6.45, 7) is 10.7. The minimum atomic E-state index is -0.503. The number of hydrogen-bond donors (Lipinski definition) is 1. The molecule has 4 heteroatoms. The molecule has 0 unspecified atom stereocenters. The van der Waals surface area contributed by atoms with Gasteiger partial charge in [0.1, 0.15) is 5.75 Å². The van der Waals surface area contributed by atoms with Crippen LogP contribution in [0.15, 0.2) is 36.4 Å². The third kappa shape index (κ3) is 6.10. The number of amides is 1. The zero-order valence-electron chi connectivity index (χ0n) is 16.4. The van der Waals surface area contributed by atoms with Crippen molar-refractivity contribution in [1.29, 1.82) is 0 Å². The number of hydrogen-bond acceptors (Lipinski definition) is 3. The van der Waals surface area contributed by atoms with Gasteiger partial charge in [0.2, 0.25) is 0 Å². The van der Waals surface area contributed by atoms with Crippen LogP contribution in [0, 0.1) is 27.7 Å². The molecule has 2 aromatic carbocycles. The summed E-state index contributed by atoms with van der Waals surface area (Å²) in [5.41, 5.74) is 6.00. The summed E-state index contributed by atoms with van der Waals surface area (Å²) in [7, 11) is 0. The van der Waals surface area contributed by atoms with E-state index in [2.05, 4.69) is 49.5 Å². The van der Waals surface area contributed by atoms with Gasteiger partial charge in [0.05, 0.1) is 0 Å². The molecule has 0 radical (unpaired) electrons. The van der Waals surface area contributed by atoms with Crippen molar-refractivity contribution in [2.45, 2.75) is 46.5 Å². The van der Waals surface area contributed by atoms with Gasteiger partial charge in [0, 0.05) is 18.1 Å². The lowest BCUT2D eigenvalue weighted by molar-refractivity contribution is -0.127. The molecule has 0 aliphatic heterocycles. The fourth-order valence-corrected chi connectivity index (χ4v) is 3.45. The lowest BCUT2D eigenvalue weighted by atomic mass is 10.1. The summed E-state index contributed by atoms with van der Waals surface area (Å²) < 4.78 is 5.89. The molecule has 2 rings (SSSR count). The van der Waals surface area contributed by atoms with Crippen LogP contribution in [-0.4, -0.2) is 24.3 Å². The highest BCUT2D eigenvalue weighted by molar-refractivity contribution is 7.98. The van der Waals surface area contributed by atoms with E-state index in [0.717, 1.165) is 28.4 Å². The van der Waals surface area contributed by atoms with Crippen LogP contribution >= 0.6 is 11.8 Å². The maximum Gasteiger partial charge on any atom is 0.260 e. The SMILES string of the molecule is Cc1ccc(CSCCNC(=O)[C@H](C)Oc2cc(C)cc(C)c2C)cc1. The van der Waals surface area contributed by atoms with E-state index < -0.39 is 6.10 Å². The highest BCUT2D eigenvalue weighted by atomic mass is 32.2. The molecule has 0 heterocycles. The first-order chi connectivity index (χ1) is 12.4. The Balaban J connectivity index is 1.73. The monoisotopic (exact) mass is 371 g/mol. The average Bonchev–Trinajstić information content (AvgIpc) is 2.60. The smallest absolute Gasteiger partial charge is 0.260 e. The van der Waals surface area contributed by atoms with Crippen LogP contribution in [0.1, 0.15) is 34.7 Å². The van der Waals surface area contributed by atoms with Crippen LogP contribution in [0.2, 0.25) is 0 Å². The van der Waals surface area contributed by atoms with Crippen molar-refractivity contribution in [3.05, 3.63) is 64.2 Å². The summed E-state index contributed by atoms with van der Waals surface area (Å²) in [5, 5.41) is 2.96. The van der Waals surface area contributed by atoms with E-state index >= 15 is 0 Å². The molecule has 1 atom stereocenters. The molecular weight excluding hydrogens is 342 g/mol. The molecular formula is C22H29NO2S. The Labute approximate surface area is 161 Å². The van der Waals surface area contributed by atoms with Gasteiger partial charge in [-0.05, 0) is 62.9 Å². The van der Waals surface area contributed by atoms with Crippen LogP contribution < -0.4 is 10.1 Å². The van der Waals surface area contributed by atoms with E-state index in [1.807, 2.05) is 31.7 Å². The second-order valence-electron chi connectivity index (χ2n) is 6.79. The third-order valence-electron chi connectivity index (χ3n) is 4.37. The topological polar surface area (TPSA) is 38.3 Å². The van der Waals surface area contributed by atoms with Gasteiger partial charge in [-0.15, -0.1) is 0 Å². The van der Waals surface area contributed by atoms with Gasteiger partial charge in [-0.3, -0.25) is 4.79 Å². The van der Waals surface area contributed by atoms with Crippen molar-refractivity contribution in [3.8, 4) is 5.75 Å². The van der Waals surface area contributed by atoms with E-state index in [9.17, 15) is 4.79 Å².